The minimum atomic E-state index is 0.774. The highest BCUT2D eigenvalue weighted by Crippen LogP contribution is 2.17. The molecule has 0 aliphatic rings. The molecule has 0 aliphatic carbocycles. The molecule has 0 saturated carbocycles. The Morgan fingerprint density at radius 3 is 1.05 bits per heavy atom. The van der Waals surface area contributed by atoms with E-state index < -0.39 is 0 Å². The highest BCUT2D eigenvalue weighted by Gasteiger charge is 2.04. The summed E-state index contributed by atoms with van der Waals surface area (Å²) in [5, 5.41) is 2.98. The maximum absolute atomic E-state index is 2.39. The van der Waals surface area contributed by atoms with E-state index in [0.29, 0.717) is 0 Å². The summed E-state index contributed by atoms with van der Waals surface area (Å²) in [4.78, 5) is 0. The first-order valence-electron chi connectivity index (χ1n) is 8.21. The zero-order valence-corrected chi connectivity index (χ0v) is 14.8. The first-order chi connectivity index (χ1) is 10.2. The summed E-state index contributed by atoms with van der Waals surface area (Å²) in [7, 11) is 0.774. The molecule has 0 saturated heterocycles. The molecule has 1 heteroatoms. The molecule has 2 aromatic rings. The molecule has 0 N–H and O–H groups in total. The van der Waals surface area contributed by atoms with E-state index in [1.165, 1.54) is 32.9 Å². The fourth-order valence-corrected chi connectivity index (χ4v) is 4.02. The lowest BCUT2D eigenvalue weighted by molar-refractivity contribution is 1.09. The van der Waals surface area contributed by atoms with E-state index in [0.717, 1.165) is 34.3 Å². The highest BCUT2D eigenvalue weighted by molar-refractivity contribution is 7.55. The lowest BCUT2D eigenvalue weighted by atomic mass is 10.1. The molecule has 0 aliphatic heterocycles. The molecule has 21 heavy (non-hydrogen) atoms. The van der Waals surface area contributed by atoms with E-state index in [-0.39, 0.29) is 0 Å². The van der Waals surface area contributed by atoms with Gasteiger partial charge in [-0.1, -0.05) is 72.7 Å². The maximum atomic E-state index is 2.39. The van der Waals surface area contributed by atoms with Crippen molar-refractivity contribution in [3.8, 4) is 0 Å². The SMILES string of the molecule is CCc1cc(CC)cc(Pc2cc(CC)cc(CC)c2)c1. The Labute approximate surface area is 131 Å². The highest BCUT2D eigenvalue weighted by atomic mass is 31.1. The third kappa shape index (κ3) is 4.42. The van der Waals surface area contributed by atoms with E-state index in [2.05, 4.69) is 64.1 Å². The van der Waals surface area contributed by atoms with Crippen molar-refractivity contribution in [1.82, 2.24) is 0 Å². The van der Waals surface area contributed by atoms with Crippen molar-refractivity contribution in [1.29, 1.82) is 0 Å². The zero-order valence-electron chi connectivity index (χ0n) is 13.8. The standard InChI is InChI=1S/C20H27P/c1-5-15-9-16(6-2)12-19(11-15)21-20-13-17(7-3)10-18(8-4)14-20/h9-14,21H,5-8H2,1-4H3. The molecule has 0 bridgehead atoms. The maximum Gasteiger partial charge on any atom is -0.0221 e. The second kappa shape index (κ2) is 7.76. The molecule has 0 heterocycles. The lowest BCUT2D eigenvalue weighted by Gasteiger charge is -2.11. The molecule has 112 valence electrons. The second-order valence-corrected chi connectivity index (χ2v) is 7.02. The first kappa shape index (κ1) is 16.2. The van der Waals surface area contributed by atoms with Crippen molar-refractivity contribution in [2.75, 3.05) is 0 Å². The van der Waals surface area contributed by atoms with Gasteiger partial charge in [0.2, 0.25) is 0 Å². The van der Waals surface area contributed by atoms with Gasteiger partial charge in [0.15, 0.2) is 0 Å². The Balaban J connectivity index is 2.32. The number of hydrogen-bond donors (Lipinski definition) is 0. The molecule has 0 radical (unpaired) electrons. The molecule has 0 atom stereocenters. The molecule has 0 aromatic heterocycles. The van der Waals surface area contributed by atoms with E-state index in [1.54, 1.807) is 0 Å². The van der Waals surface area contributed by atoms with E-state index in [1.807, 2.05) is 0 Å². The summed E-state index contributed by atoms with van der Waals surface area (Å²) in [6.07, 6.45) is 4.50. The molecule has 0 amide bonds. The van der Waals surface area contributed by atoms with Crippen molar-refractivity contribution < 1.29 is 0 Å². The van der Waals surface area contributed by atoms with Crippen LogP contribution in [0.3, 0.4) is 0 Å². The summed E-state index contributed by atoms with van der Waals surface area (Å²) < 4.78 is 0. The average Bonchev–Trinajstić information content (AvgIpc) is 2.53. The zero-order chi connectivity index (χ0) is 15.2. The molecular weight excluding hydrogens is 271 g/mol. The van der Waals surface area contributed by atoms with Gasteiger partial charge in [-0.2, -0.15) is 0 Å². The van der Waals surface area contributed by atoms with Gasteiger partial charge in [-0.3, -0.25) is 0 Å². The summed E-state index contributed by atoms with van der Waals surface area (Å²) >= 11 is 0. The molecule has 0 fully saturated rings. The summed E-state index contributed by atoms with van der Waals surface area (Å²) in [6.45, 7) is 8.98. The fourth-order valence-electron chi connectivity index (χ4n) is 2.65. The number of hydrogen-bond acceptors (Lipinski definition) is 0. The van der Waals surface area contributed by atoms with Gasteiger partial charge in [-0.05, 0) is 58.5 Å². The Kier molecular flexibility index (Phi) is 6.00. The fraction of sp³-hybridized carbons (Fsp3) is 0.400. The average molecular weight is 298 g/mol. The minimum Gasteiger partial charge on any atom is -0.0613 e. The van der Waals surface area contributed by atoms with Crippen LogP contribution in [0.1, 0.15) is 49.9 Å². The largest absolute Gasteiger partial charge is 0.0613 e. The third-order valence-corrected chi connectivity index (χ3v) is 5.18. The lowest BCUT2D eigenvalue weighted by Crippen LogP contribution is -2.08. The van der Waals surface area contributed by atoms with Crippen molar-refractivity contribution in [3.63, 3.8) is 0 Å². The monoisotopic (exact) mass is 298 g/mol. The van der Waals surface area contributed by atoms with Crippen LogP contribution in [0, 0.1) is 0 Å². The van der Waals surface area contributed by atoms with Gasteiger partial charge in [0, 0.05) is 0 Å². The number of aryl methyl sites for hydroxylation is 4. The van der Waals surface area contributed by atoms with E-state index in [4.69, 9.17) is 0 Å². The van der Waals surface area contributed by atoms with Crippen molar-refractivity contribution >= 4 is 19.2 Å². The van der Waals surface area contributed by atoms with E-state index >= 15 is 0 Å². The summed E-state index contributed by atoms with van der Waals surface area (Å²) in [5.41, 5.74) is 5.89. The molecule has 0 unspecified atom stereocenters. The van der Waals surface area contributed by atoms with Gasteiger partial charge in [-0.15, -0.1) is 0 Å². The normalized spacial score (nSPS) is 10.9. The van der Waals surface area contributed by atoms with Crippen LogP contribution in [-0.4, -0.2) is 0 Å². The predicted molar refractivity (Wildman–Crippen MR) is 98.0 cm³/mol. The van der Waals surface area contributed by atoms with Crippen molar-refractivity contribution in [3.05, 3.63) is 58.7 Å². The topological polar surface area (TPSA) is 0 Å². The number of rotatable bonds is 6. The minimum absolute atomic E-state index is 0.774. The van der Waals surface area contributed by atoms with Gasteiger partial charge >= 0.3 is 0 Å². The van der Waals surface area contributed by atoms with Crippen LogP contribution in [0.4, 0.5) is 0 Å². The van der Waals surface area contributed by atoms with Crippen LogP contribution >= 0.6 is 8.58 Å². The Morgan fingerprint density at radius 2 is 0.810 bits per heavy atom. The molecule has 2 aromatic carbocycles. The van der Waals surface area contributed by atoms with Gasteiger partial charge in [0.05, 0.1) is 0 Å². The third-order valence-electron chi connectivity index (χ3n) is 4.03. The van der Waals surface area contributed by atoms with Crippen LogP contribution in [0.15, 0.2) is 36.4 Å². The molecule has 2 rings (SSSR count). The van der Waals surface area contributed by atoms with Crippen molar-refractivity contribution in [2.24, 2.45) is 0 Å². The Bertz CT molecular complexity index is 501. The van der Waals surface area contributed by atoms with E-state index in [9.17, 15) is 0 Å². The summed E-state index contributed by atoms with van der Waals surface area (Å²) in [6, 6.07) is 14.3. The quantitative estimate of drug-likeness (QED) is 0.686. The van der Waals surface area contributed by atoms with Gasteiger partial charge in [-0.25, -0.2) is 0 Å². The van der Waals surface area contributed by atoms with Crippen LogP contribution in [0.2, 0.25) is 0 Å². The Hall–Kier alpha value is -1.13. The van der Waals surface area contributed by atoms with Crippen LogP contribution < -0.4 is 10.6 Å². The molecular formula is C20H27P. The van der Waals surface area contributed by atoms with Gasteiger partial charge in [0.1, 0.15) is 0 Å². The smallest absolute Gasteiger partial charge is 0.0221 e. The van der Waals surface area contributed by atoms with Gasteiger partial charge < -0.3 is 0 Å². The van der Waals surface area contributed by atoms with Gasteiger partial charge in [0.25, 0.3) is 0 Å². The summed E-state index contributed by atoms with van der Waals surface area (Å²) in [5.74, 6) is 0. The molecule has 0 nitrogen and oxygen atoms in total. The Morgan fingerprint density at radius 1 is 0.524 bits per heavy atom. The first-order valence-corrected chi connectivity index (χ1v) is 9.21. The number of benzene rings is 2. The van der Waals surface area contributed by atoms with Crippen molar-refractivity contribution in [2.45, 2.75) is 53.4 Å². The van der Waals surface area contributed by atoms with Crippen LogP contribution in [-0.2, 0) is 25.7 Å². The predicted octanol–water partition coefficient (Wildman–Crippen LogP) is 4.57. The molecule has 0 spiro atoms. The van der Waals surface area contributed by atoms with Crippen LogP contribution in [0.25, 0.3) is 0 Å². The van der Waals surface area contributed by atoms with Crippen LogP contribution in [0.5, 0.6) is 0 Å². The second-order valence-electron chi connectivity index (χ2n) is 5.62.